The van der Waals surface area contributed by atoms with E-state index < -0.39 is 0 Å². The lowest BCUT2D eigenvalue weighted by Gasteiger charge is -2.35. The molecule has 0 aromatic carbocycles. The number of anilines is 1. The van der Waals surface area contributed by atoms with Crippen LogP contribution in [0.1, 0.15) is 6.92 Å². The largest absolute Gasteiger partial charge is 0.353 e. The molecule has 1 saturated heterocycles. The maximum atomic E-state index is 6.19. The van der Waals surface area contributed by atoms with Crippen molar-refractivity contribution in [3.05, 3.63) is 21.8 Å². The lowest BCUT2D eigenvalue weighted by Crippen LogP contribution is -2.46. The molecule has 1 aliphatic rings. The fraction of sp³-hybridized carbons (Fsp3) is 0.545. The van der Waals surface area contributed by atoms with Crippen LogP contribution in [0.5, 0.6) is 0 Å². The quantitative estimate of drug-likeness (QED) is 0.837. The Balaban J connectivity index is 2.08. The molecule has 0 bridgehead atoms. The minimum absolute atomic E-state index is 0.722. The van der Waals surface area contributed by atoms with Gasteiger partial charge in [0, 0.05) is 36.8 Å². The Morgan fingerprint density at radius 1 is 1.38 bits per heavy atom. The summed E-state index contributed by atoms with van der Waals surface area (Å²) in [5.74, 6) is 0.903. The Labute approximate surface area is 110 Å². The SMILES string of the molecule is CCN1CCN(c2ncc(Br)cc2Cl)CC1. The van der Waals surface area contributed by atoms with Gasteiger partial charge in [-0.05, 0) is 28.5 Å². The highest BCUT2D eigenvalue weighted by atomic mass is 79.9. The van der Waals surface area contributed by atoms with E-state index in [2.05, 4.69) is 37.6 Å². The van der Waals surface area contributed by atoms with Crippen LogP contribution in [0.15, 0.2) is 16.7 Å². The van der Waals surface area contributed by atoms with Crippen molar-refractivity contribution in [1.29, 1.82) is 0 Å². The molecule has 0 radical (unpaired) electrons. The summed E-state index contributed by atoms with van der Waals surface area (Å²) in [6.07, 6.45) is 1.80. The number of hydrogen-bond acceptors (Lipinski definition) is 3. The van der Waals surface area contributed by atoms with Gasteiger partial charge >= 0.3 is 0 Å². The van der Waals surface area contributed by atoms with Crippen molar-refractivity contribution in [2.75, 3.05) is 37.6 Å². The summed E-state index contributed by atoms with van der Waals surface area (Å²) in [6, 6.07) is 1.90. The van der Waals surface area contributed by atoms with E-state index >= 15 is 0 Å². The minimum Gasteiger partial charge on any atom is -0.353 e. The fourth-order valence-electron chi connectivity index (χ4n) is 1.92. The van der Waals surface area contributed by atoms with Gasteiger partial charge in [-0.25, -0.2) is 4.98 Å². The highest BCUT2D eigenvalue weighted by Crippen LogP contribution is 2.26. The Bertz CT molecular complexity index is 364. The predicted octanol–water partition coefficient (Wildman–Crippen LogP) is 2.64. The fourth-order valence-corrected chi connectivity index (χ4v) is 2.66. The predicted molar refractivity (Wildman–Crippen MR) is 71.3 cm³/mol. The highest BCUT2D eigenvalue weighted by molar-refractivity contribution is 9.10. The Morgan fingerprint density at radius 3 is 2.62 bits per heavy atom. The van der Waals surface area contributed by atoms with Crippen LogP contribution in [0.3, 0.4) is 0 Å². The van der Waals surface area contributed by atoms with Crippen molar-refractivity contribution < 1.29 is 0 Å². The van der Waals surface area contributed by atoms with E-state index in [0.29, 0.717) is 0 Å². The number of hydrogen-bond donors (Lipinski definition) is 0. The molecule has 2 heterocycles. The second-order valence-electron chi connectivity index (χ2n) is 3.88. The first kappa shape index (κ1) is 12.1. The molecule has 0 atom stereocenters. The average Bonchev–Trinajstić information content (AvgIpc) is 2.29. The van der Waals surface area contributed by atoms with Gasteiger partial charge in [0.1, 0.15) is 5.82 Å². The molecule has 0 aliphatic carbocycles. The van der Waals surface area contributed by atoms with Crippen LogP contribution in [0, 0.1) is 0 Å². The van der Waals surface area contributed by atoms with E-state index in [1.807, 2.05) is 6.07 Å². The van der Waals surface area contributed by atoms with Crippen molar-refractivity contribution in [2.24, 2.45) is 0 Å². The monoisotopic (exact) mass is 303 g/mol. The van der Waals surface area contributed by atoms with Crippen LogP contribution in [0.25, 0.3) is 0 Å². The first-order valence-corrected chi connectivity index (χ1v) is 6.66. The molecule has 1 aromatic rings. The van der Waals surface area contributed by atoms with E-state index in [1.165, 1.54) is 0 Å². The van der Waals surface area contributed by atoms with Crippen LogP contribution >= 0.6 is 27.5 Å². The van der Waals surface area contributed by atoms with Crippen molar-refractivity contribution in [2.45, 2.75) is 6.92 Å². The van der Waals surface area contributed by atoms with E-state index in [9.17, 15) is 0 Å². The van der Waals surface area contributed by atoms with Gasteiger partial charge in [0.2, 0.25) is 0 Å². The van der Waals surface area contributed by atoms with Crippen molar-refractivity contribution >= 4 is 33.3 Å². The van der Waals surface area contributed by atoms with Gasteiger partial charge in [0.25, 0.3) is 0 Å². The van der Waals surface area contributed by atoms with Crippen LogP contribution in [0.2, 0.25) is 5.02 Å². The number of piperazine rings is 1. The Morgan fingerprint density at radius 2 is 2.06 bits per heavy atom. The number of pyridine rings is 1. The number of rotatable bonds is 2. The summed E-state index contributed by atoms with van der Waals surface area (Å²) >= 11 is 9.55. The Kier molecular flexibility index (Phi) is 4.05. The van der Waals surface area contributed by atoms with E-state index in [4.69, 9.17) is 11.6 Å². The second kappa shape index (κ2) is 5.34. The normalized spacial score (nSPS) is 17.8. The minimum atomic E-state index is 0.722. The van der Waals surface area contributed by atoms with Crippen molar-refractivity contribution in [1.82, 2.24) is 9.88 Å². The number of nitrogens with zero attached hydrogens (tertiary/aromatic N) is 3. The molecule has 1 aromatic heterocycles. The molecule has 1 aliphatic heterocycles. The lowest BCUT2D eigenvalue weighted by molar-refractivity contribution is 0.270. The summed E-state index contributed by atoms with van der Waals surface area (Å²) in [5, 5.41) is 0.722. The molecule has 0 N–H and O–H groups in total. The summed E-state index contributed by atoms with van der Waals surface area (Å²) < 4.78 is 0.924. The van der Waals surface area contributed by atoms with E-state index in [1.54, 1.807) is 6.20 Å². The van der Waals surface area contributed by atoms with Gasteiger partial charge in [-0.1, -0.05) is 18.5 Å². The molecule has 0 spiro atoms. The summed E-state index contributed by atoms with van der Waals surface area (Å²) in [7, 11) is 0. The lowest BCUT2D eigenvalue weighted by atomic mass is 10.3. The van der Waals surface area contributed by atoms with Gasteiger partial charge in [-0.2, -0.15) is 0 Å². The molecule has 1 fully saturated rings. The summed E-state index contributed by atoms with van der Waals surface area (Å²) in [5.41, 5.74) is 0. The first-order valence-electron chi connectivity index (χ1n) is 5.49. The zero-order chi connectivity index (χ0) is 11.5. The topological polar surface area (TPSA) is 19.4 Å². The third kappa shape index (κ3) is 2.67. The molecule has 5 heteroatoms. The van der Waals surface area contributed by atoms with Crippen LogP contribution < -0.4 is 4.90 Å². The number of halogens is 2. The van der Waals surface area contributed by atoms with Gasteiger partial charge in [-0.15, -0.1) is 0 Å². The van der Waals surface area contributed by atoms with Crippen LogP contribution in [-0.4, -0.2) is 42.6 Å². The third-order valence-electron chi connectivity index (χ3n) is 2.91. The van der Waals surface area contributed by atoms with Gasteiger partial charge in [0.15, 0.2) is 0 Å². The maximum absolute atomic E-state index is 6.19. The second-order valence-corrected chi connectivity index (χ2v) is 5.20. The maximum Gasteiger partial charge on any atom is 0.147 e. The van der Waals surface area contributed by atoms with E-state index in [-0.39, 0.29) is 0 Å². The third-order valence-corrected chi connectivity index (χ3v) is 3.62. The standard InChI is InChI=1S/C11H15BrClN3/c1-2-15-3-5-16(6-4-15)11-10(13)7-9(12)8-14-11/h7-8H,2-6H2,1H3. The molecular weight excluding hydrogens is 289 g/mol. The molecule has 2 rings (SSSR count). The molecular formula is C11H15BrClN3. The van der Waals surface area contributed by atoms with Crippen LogP contribution in [0.4, 0.5) is 5.82 Å². The van der Waals surface area contributed by atoms with E-state index in [0.717, 1.165) is 48.0 Å². The van der Waals surface area contributed by atoms with Gasteiger partial charge in [-0.3, -0.25) is 0 Å². The van der Waals surface area contributed by atoms with Gasteiger partial charge < -0.3 is 9.80 Å². The average molecular weight is 305 g/mol. The smallest absolute Gasteiger partial charge is 0.147 e. The molecule has 0 saturated carbocycles. The zero-order valence-corrected chi connectivity index (χ0v) is 11.6. The van der Waals surface area contributed by atoms with Crippen molar-refractivity contribution in [3.8, 4) is 0 Å². The van der Waals surface area contributed by atoms with Crippen LogP contribution in [-0.2, 0) is 0 Å². The first-order chi connectivity index (χ1) is 7.70. The molecule has 3 nitrogen and oxygen atoms in total. The molecule has 0 unspecified atom stereocenters. The summed E-state index contributed by atoms with van der Waals surface area (Å²) in [4.78, 5) is 9.07. The highest BCUT2D eigenvalue weighted by Gasteiger charge is 2.18. The Hall–Kier alpha value is -0.320. The molecule has 16 heavy (non-hydrogen) atoms. The summed E-state index contributed by atoms with van der Waals surface area (Å²) in [6.45, 7) is 7.50. The zero-order valence-electron chi connectivity index (χ0n) is 9.29. The number of likely N-dealkylation sites (N-methyl/N-ethyl adjacent to an activating group) is 1. The molecule has 0 amide bonds. The number of aromatic nitrogens is 1. The van der Waals surface area contributed by atoms with Gasteiger partial charge in [0.05, 0.1) is 5.02 Å². The van der Waals surface area contributed by atoms with Crippen molar-refractivity contribution in [3.63, 3.8) is 0 Å². The molecule has 88 valence electrons.